The van der Waals surface area contributed by atoms with E-state index in [4.69, 9.17) is 14.5 Å². The third-order valence-electron chi connectivity index (χ3n) is 5.13. The maximum atomic E-state index is 11.8. The van der Waals surface area contributed by atoms with Crippen molar-refractivity contribution in [1.29, 1.82) is 0 Å². The van der Waals surface area contributed by atoms with Crippen LogP contribution >= 0.6 is 0 Å². The number of esters is 1. The van der Waals surface area contributed by atoms with Gasteiger partial charge in [0.15, 0.2) is 0 Å². The average Bonchev–Trinajstić information content (AvgIpc) is 3.21. The predicted octanol–water partition coefficient (Wildman–Crippen LogP) is 3.69. The van der Waals surface area contributed by atoms with Gasteiger partial charge in [0.05, 0.1) is 25.8 Å². The fraction of sp³-hybridized carbons (Fsp3) is 0.250. The first-order chi connectivity index (χ1) is 14.2. The first-order valence-electron chi connectivity index (χ1n) is 9.56. The number of nitrogens with zero attached hydrogens (tertiary/aromatic N) is 2. The molecule has 0 bridgehead atoms. The zero-order valence-electron chi connectivity index (χ0n) is 16.5. The average molecular weight is 386 g/mol. The lowest BCUT2D eigenvalue weighted by atomic mass is 10.00. The molecule has 0 saturated carbocycles. The van der Waals surface area contributed by atoms with Crippen molar-refractivity contribution < 1.29 is 14.3 Å². The minimum atomic E-state index is -0.148. The van der Waals surface area contributed by atoms with E-state index in [1.165, 1.54) is 7.11 Å². The third-order valence-corrected chi connectivity index (χ3v) is 5.13. The Morgan fingerprint density at radius 3 is 2.66 bits per heavy atom. The van der Waals surface area contributed by atoms with Gasteiger partial charge in [-0.15, -0.1) is 0 Å². The number of imidazole rings is 1. The van der Waals surface area contributed by atoms with Gasteiger partial charge in [-0.2, -0.15) is 0 Å². The lowest BCUT2D eigenvalue weighted by Gasteiger charge is -2.21. The molecule has 2 heterocycles. The lowest BCUT2D eigenvalue weighted by Crippen LogP contribution is -2.27. The van der Waals surface area contributed by atoms with Crippen molar-refractivity contribution >= 4 is 5.97 Å². The SMILES string of the molecule is COC(=O)C1CCc2nc(-c3ccc(C#Cc4cccc(OC)c4)cc3)cn2C1. The van der Waals surface area contributed by atoms with Gasteiger partial charge < -0.3 is 14.0 Å². The number of methoxy groups -OCH3 is 2. The number of fused-ring (bicyclic) bond motifs is 1. The molecule has 5 nitrogen and oxygen atoms in total. The maximum Gasteiger partial charge on any atom is 0.310 e. The summed E-state index contributed by atoms with van der Waals surface area (Å²) in [5.74, 6) is 7.91. The van der Waals surface area contributed by atoms with E-state index in [0.29, 0.717) is 6.54 Å². The summed E-state index contributed by atoms with van der Waals surface area (Å²) in [5.41, 5.74) is 3.80. The molecule has 29 heavy (non-hydrogen) atoms. The van der Waals surface area contributed by atoms with E-state index in [0.717, 1.165) is 46.8 Å². The summed E-state index contributed by atoms with van der Waals surface area (Å²) >= 11 is 0. The molecule has 0 radical (unpaired) electrons. The van der Waals surface area contributed by atoms with Crippen LogP contribution < -0.4 is 4.74 Å². The highest BCUT2D eigenvalue weighted by Crippen LogP contribution is 2.25. The zero-order valence-corrected chi connectivity index (χ0v) is 16.5. The minimum absolute atomic E-state index is 0.0937. The molecule has 0 saturated heterocycles. The minimum Gasteiger partial charge on any atom is -0.497 e. The molecular formula is C24H22N2O3. The Kier molecular flexibility index (Phi) is 5.35. The molecule has 1 aromatic heterocycles. The molecule has 0 spiro atoms. The van der Waals surface area contributed by atoms with Gasteiger partial charge in [0, 0.05) is 35.9 Å². The van der Waals surface area contributed by atoms with Crippen LogP contribution in [-0.2, 0) is 22.5 Å². The number of carbonyl (C=O) groups excluding carboxylic acids is 1. The molecule has 4 rings (SSSR count). The normalized spacial score (nSPS) is 15.0. The van der Waals surface area contributed by atoms with E-state index in [9.17, 15) is 4.79 Å². The van der Waals surface area contributed by atoms with E-state index < -0.39 is 0 Å². The van der Waals surface area contributed by atoms with Gasteiger partial charge in [-0.1, -0.05) is 30.0 Å². The van der Waals surface area contributed by atoms with E-state index in [-0.39, 0.29) is 11.9 Å². The van der Waals surface area contributed by atoms with Crippen molar-refractivity contribution in [2.24, 2.45) is 5.92 Å². The lowest BCUT2D eigenvalue weighted by molar-refractivity contribution is -0.146. The van der Waals surface area contributed by atoms with E-state index in [2.05, 4.69) is 16.4 Å². The van der Waals surface area contributed by atoms with Gasteiger partial charge in [-0.3, -0.25) is 4.79 Å². The van der Waals surface area contributed by atoms with E-state index in [1.54, 1.807) is 7.11 Å². The summed E-state index contributed by atoms with van der Waals surface area (Å²) in [7, 11) is 3.09. The van der Waals surface area contributed by atoms with Crippen LogP contribution in [0.3, 0.4) is 0 Å². The fourth-order valence-electron chi connectivity index (χ4n) is 3.51. The molecular weight excluding hydrogens is 364 g/mol. The van der Waals surface area contributed by atoms with Crippen molar-refractivity contribution in [3.63, 3.8) is 0 Å². The molecule has 1 unspecified atom stereocenters. The van der Waals surface area contributed by atoms with Crippen LogP contribution in [0.2, 0.25) is 0 Å². The molecule has 146 valence electrons. The summed E-state index contributed by atoms with van der Waals surface area (Å²) in [5, 5.41) is 0. The van der Waals surface area contributed by atoms with Crippen molar-refractivity contribution in [3.05, 3.63) is 71.7 Å². The topological polar surface area (TPSA) is 53.4 Å². The Morgan fingerprint density at radius 2 is 1.90 bits per heavy atom. The Morgan fingerprint density at radius 1 is 1.10 bits per heavy atom. The van der Waals surface area contributed by atoms with Gasteiger partial charge in [-0.25, -0.2) is 4.98 Å². The van der Waals surface area contributed by atoms with E-state index in [1.807, 2.05) is 54.7 Å². The van der Waals surface area contributed by atoms with Crippen molar-refractivity contribution in [2.75, 3.05) is 14.2 Å². The number of hydrogen-bond acceptors (Lipinski definition) is 4. The Labute approximate surface area is 170 Å². The molecule has 5 heteroatoms. The predicted molar refractivity (Wildman–Crippen MR) is 110 cm³/mol. The van der Waals surface area contributed by atoms with Gasteiger partial charge >= 0.3 is 5.97 Å². The number of aryl methyl sites for hydroxylation is 1. The molecule has 2 aromatic carbocycles. The third kappa shape index (κ3) is 4.17. The number of rotatable bonds is 3. The number of ether oxygens (including phenoxy) is 2. The van der Waals surface area contributed by atoms with Crippen LogP contribution in [0.5, 0.6) is 5.75 Å². The largest absolute Gasteiger partial charge is 0.497 e. The number of benzene rings is 2. The highest BCUT2D eigenvalue weighted by Gasteiger charge is 2.26. The number of aromatic nitrogens is 2. The Balaban J connectivity index is 1.50. The quantitative estimate of drug-likeness (QED) is 0.509. The van der Waals surface area contributed by atoms with Crippen LogP contribution in [0.4, 0.5) is 0 Å². The van der Waals surface area contributed by atoms with Crippen LogP contribution in [0.15, 0.2) is 54.7 Å². The zero-order chi connectivity index (χ0) is 20.2. The van der Waals surface area contributed by atoms with Crippen molar-refractivity contribution in [2.45, 2.75) is 19.4 Å². The summed E-state index contributed by atoms with van der Waals surface area (Å²) < 4.78 is 12.2. The monoisotopic (exact) mass is 386 g/mol. The summed E-state index contributed by atoms with van der Waals surface area (Å²) in [6.07, 6.45) is 3.58. The van der Waals surface area contributed by atoms with Crippen LogP contribution in [0.1, 0.15) is 23.4 Å². The fourth-order valence-corrected chi connectivity index (χ4v) is 3.51. The molecule has 1 atom stereocenters. The molecule has 1 aliphatic rings. The molecule has 3 aromatic rings. The van der Waals surface area contributed by atoms with E-state index >= 15 is 0 Å². The second-order valence-corrected chi connectivity index (χ2v) is 7.01. The second kappa shape index (κ2) is 8.24. The molecule has 0 fully saturated rings. The van der Waals surface area contributed by atoms with Gasteiger partial charge in [-0.05, 0) is 36.8 Å². The Bertz CT molecular complexity index is 1090. The molecule has 0 N–H and O–H groups in total. The summed E-state index contributed by atoms with van der Waals surface area (Å²) in [6, 6.07) is 15.8. The Hall–Kier alpha value is -3.52. The van der Waals surface area contributed by atoms with Crippen molar-refractivity contribution in [3.8, 4) is 28.8 Å². The highest BCUT2D eigenvalue weighted by molar-refractivity contribution is 5.72. The molecule has 0 amide bonds. The second-order valence-electron chi connectivity index (χ2n) is 7.01. The maximum absolute atomic E-state index is 11.8. The standard InChI is InChI=1S/C24H22N2O3/c1-28-21-5-3-4-18(14-21)7-6-17-8-10-19(11-9-17)22-16-26-15-20(24(27)29-2)12-13-23(26)25-22/h3-5,8-11,14,16,20H,12-13,15H2,1-2H3. The first-order valence-corrected chi connectivity index (χ1v) is 9.56. The first kappa shape index (κ1) is 18.8. The molecule has 0 aliphatic carbocycles. The summed E-state index contributed by atoms with van der Waals surface area (Å²) in [4.78, 5) is 16.6. The highest BCUT2D eigenvalue weighted by atomic mass is 16.5. The van der Waals surface area contributed by atoms with Crippen molar-refractivity contribution in [1.82, 2.24) is 9.55 Å². The summed E-state index contributed by atoms with van der Waals surface area (Å²) in [6.45, 7) is 0.624. The van der Waals surface area contributed by atoms with Crippen LogP contribution in [0, 0.1) is 17.8 Å². The van der Waals surface area contributed by atoms with Crippen LogP contribution in [-0.4, -0.2) is 29.7 Å². The number of hydrogen-bond donors (Lipinski definition) is 0. The van der Waals surface area contributed by atoms with Gasteiger partial charge in [0.1, 0.15) is 11.6 Å². The smallest absolute Gasteiger partial charge is 0.310 e. The molecule has 1 aliphatic heterocycles. The van der Waals surface area contributed by atoms with Crippen LogP contribution in [0.25, 0.3) is 11.3 Å². The number of carbonyl (C=O) groups is 1. The van der Waals surface area contributed by atoms with Gasteiger partial charge in [0.2, 0.25) is 0 Å². The van der Waals surface area contributed by atoms with Gasteiger partial charge in [0.25, 0.3) is 0 Å².